The first kappa shape index (κ1) is 21.9. The highest BCUT2D eigenvalue weighted by atomic mass is 35.5. The summed E-state index contributed by atoms with van der Waals surface area (Å²) in [5.74, 6) is 0.840. The number of hydrogen-bond donors (Lipinski definition) is 2. The van der Waals surface area contributed by atoms with Crippen LogP contribution in [0.25, 0.3) is 0 Å². The van der Waals surface area contributed by atoms with Crippen molar-refractivity contribution in [3.05, 3.63) is 52.2 Å². The number of thiophene rings is 1. The number of halogens is 1. The smallest absolute Gasteiger partial charge is 0.265 e. The number of anilines is 1. The van der Waals surface area contributed by atoms with Crippen LogP contribution in [0.4, 0.5) is 5.69 Å². The van der Waals surface area contributed by atoms with Crippen LogP contribution in [0.2, 0.25) is 0 Å². The summed E-state index contributed by atoms with van der Waals surface area (Å²) in [5.41, 5.74) is 2.05. The lowest BCUT2D eigenvalue weighted by atomic mass is 9.93. The van der Waals surface area contributed by atoms with Crippen LogP contribution >= 0.6 is 23.7 Å². The van der Waals surface area contributed by atoms with Crippen LogP contribution in [0.5, 0.6) is 0 Å². The summed E-state index contributed by atoms with van der Waals surface area (Å²) in [6, 6.07) is 12.3. The molecule has 1 heterocycles. The van der Waals surface area contributed by atoms with E-state index in [1.807, 2.05) is 35.7 Å². The van der Waals surface area contributed by atoms with Crippen molar-refractivity contribution in [3.63, 3.8) is 0 Å². The molecule has 0 aliphatic heterocycles. The predicted octanol–water partition coefficient (Wildman–Crippen LogP) is 6.26. The van der Waals surface area contributed by atoms with Gasteiger partial charge in [0.25, 0.3) is 5.91 Å². The van der Waals surface area contributed by atoms with Gasteiger partial charge in [-0.1, -0.05) is 62.8 Å². The Kier molecular flexibility index (Phi) is 9.32. The zero-order chi connectivity index (χ0) is 18.2. The maximum absolute atomic E-state index is 12.3. The summed E-state index contributed by atoms with van der Waals surface area (Å²) in [5, 5.41) is 8.65. The molecule has 1 amide bonds. The Morgan fingerprint density at radius 3 is 2.56 bits per heavy atom. The molecular formula is C22H31ClN2OS. The summed E-state index contributed by atoms with van der Waals surface area (Å²) in [4.78, 5) is 13.1. The fourth-order valence-corrected chi connectivity index (χ4v) is 4.47. The fourth-order valence-electron chi connectivity index (χ4n) is 3.86. The molecule has 0 bridgehead atoms. The Morgan fingerprint density at radius 1 is 1.11 bits per heavy atom. The third-order valence-corrected chi connectivity index (χ3v) is 6.18. The predicted molar refractivity (Wildman–Crippen MR) is 118 cm³/mol. The molecule has 0 radical (unpaired) electrons. The standard InChI is InChI=1S/C22H30N2OS.ClH/c1-17(15-18-9-4-2-3-5-10-18)23-16-19-11-6-7-12-20(19)24-22(25)21-13-8-14-26-21;/h6-8,11-14,17-18,23H,2-5,9-10,15-16H2,1H3,(H,24,25);1H/t17-;/m0./s1. The van der Waals surface area contributed by atoms with E-state index < -0.39 is 0 Å². The largest absolute Gasteiger partial charge is 0.321 e. The SMILES string of the molecule is C[C@@H](CC1CCCCCC1)NCc1ccccc1NC(=O)c1cccs1.Cl. The fraction of sp³-hybridized carbons (Fsp3) is 0.500. The molecule has 1 saturated carbocycles. The average molecular weight is 407 g/mol. The van der Waals surface area contributed by atoms with Crippen molar-refractivity contribution < 1.29 is 4.79 Å². The zero-order valence-corrected chi connectivity index (χ0v) is 17.7. The van der Waals surface area contributed by atoms with E-state index in [1.165, 1.54) is 56.3 Å². The lowest BCUT2D eigenvalue weighted by Gasteiger charge is -2.21. The molecule has 1 aromatic carbocycles. The van der Waals surface area contributed by atoms with Gasteiger partial charge in [-0.2, -0.15) is 0 Å². The van der Waals surface area contributed by atoms with Gasteiger partial charge in [-0.05, 0) is 42.3 Å². The number of nitrogens with one attached hydrogen (secondary N) is 2. The van der Waals surface area contributed by atoms with Crippen LogP contribution in [-0.2, 0) is 6.54 Å². The molecule has 1 fully saturated rings. The van der Waals surface area contributed by atoms with Crippen LogP contribution in [-0.4, -0.2) is 11.9 Å². The number of rotatable bonds is 7. The van der Waals surface area contributed by atoms with E-state index in [9.17, 15) is 4.79 Å². The van der Waals surface area contributed by atoms with Crippen LogP contribution in [0, 0.1) is 5.92 Å². The summed E-state index contributed by atoms with van der Waals surface area (Å²) >= 11 is 1.47. The quantitative estimate of drug-likeness (QED) is 0.532. The molecule has 0 saturated heterocycles. The number of amides is 1. The van der Waals surface area contributed by atoms with Crippen LogP contribution < -0.4 is 10.6 Å². The second-order valence-corrected chi connectivity index (χ2v) is 8.41. The number of hydrogen-bond acceptors (Lipinski definition) is 3. The van der Waals surface area contributed by atoms with Gasteiger partial charge in [0.2, 0.25) is 0 Å². The second-order valence-electron chi connectivity index (χ2n) is 7.46. The number of carbonyl (C=O) groups is 1. The van der Waals surface area contributed by atoms with Crippen molar-refractivity contribution in [1.29, 1.82) is 0 Å². The topological polar surface area (TPSA) is 41.1 Å². The summed E-state index contributed by atoms with van der Waals surface area (Å²) in [6.07, 6.45) is 9.65. The Bertz CT molecular complexity index is 681. The molecule has 1 atom stereocenters. The second kappa shape index (κ2) is 11.5. The molecule has 1 aromatic heterocycles. The molecular weight excluding hydrogens is 376 g/mol. The first-order valence-corrected chi connectivity index (χ1v) is 10.8. The molecule has 5 heteroatoms. The molecule has 3 rings (SSSR count). The molecule has 148 valence electrons. The molecule has 1 aliphatic carbocycles. The van der Waals surface area contributed by atoms with Crippen LogP contribution in [0.3, 0.4) is 0 Å². The highest BCUT2D eigenvalue weighted by molar-refractivity contribution is 7.12. The van der Waals surface area contributed by atoms with Gasteiger partial charge in [0.1, 0.15) is 0 Å². The van der Waals surface area contributed by atoms with E-state index in [0.29, 0.717) is 6.04 Å². The van der Waals surface area contributed by atoms with Crippen LogP contribution in [0.15, 0.2) is 41.8 Å². The third-order valence-electron chi connectivity index (χ3n) is 5.31. The molecule has 2 aromatic rings. The Balaban J connectivity index is 0.00000261. The van der Waals surface area contributed by atoms with Crippen molar-refractivity contribution in [3.8, 4) is 0 Å². The minimum absolute atomic E-state index is 0. The number of benzene rings is 1. The maximum Gasteiger partial charge on any atom is 0.265 e. The van der Waals surface area contributed by atoms with E-state index in [1.54, 1.807) is 0 Å². The van der Waals surface area contributed by atoms with E-state index in [0.717, 1.165) is 28.6 Å². The molecule has 27 heavy (non-hydrogen) atoms. The van der Waals surface area contributed by atoms with Gasteiger partial charge in [0.05, 0.1) is 4.88 Å². The molecule has 2 N–H and O–H groups in total. The summed E-state index contributed by atoms with van der Waals surface area (Å²) in [7, 11) is 0. The Hall–Kier alpha value is -1.36. The lowest BCUT2D eigenvalue weighted by Crippen LogP contribution is -2.28. The molecule has 0 spiro atoms. The summed E-state index contributed by atoms with van der Waals surface area (Å²) < 4.78 is 0. The van der Waals surface area contributed by atoms with E-state index in [2.05, 4.69) is 23.6 Å². The number of carbonyl (C=O) groups excluding carboxylic acids is 1. The molecule has 0 unspecified atom stereocenters. The van der Waals surface area contributed by atoms with Gasteiger partial charge in [-0.15, -0.1) is 23.7 Å². The highest BCUT2D eigenvalue weighted by Gasteiger charge is 2.16. The monoisotopic (exact) mass is 406 g/mol. The third kappa shape index (κ3) is 6.95. The van der Waals surface area contributed by atoms with Crippen LogP contribution in [0.1, 0.15) is 67.1 Å². The van der Waals surface area contributed by atoms with Gasteiger partial charge in [-0.3, -0.25) is 4.79 Å². The van der Waals surface area contributed by atoms with E-state index in [4.69, 9.17) is 0 Å². The van der Waals surface area contributed by atoms with E-state index in [-0.39, 0.29) is 18.3 Å². The van der Waals surface area contributed by atoms with Crippen molar-refractivity contribution in [2.45, 2.75) is 64.5 Å². The first-order chi connectivity index (χ1) is 12.7. The number of para-hydroxylation sites is 1. The average Bonchev–Trinajstić information content (AvgIpc) is 3.07. The highest BCUT2D eigenvalue weighted by Crippen LogP contribution is 2.26. The van der Waals surface area contributed by atoms with E-state index >= 15 is 0 Å². The Morgan fingerprint density at radius 2 is 1.85 bits per heavy atom. The van der Waals surface area contributed by atoms with Crippen molar-refractivity contribution in [2.24, 2.45) is 5.92 Å². The first-order valence-electron chi connectivity index (χ1n) is 9.88. The van der Waals surface area contributed by atoms with Gasteiger partial charge in [-0.25, -0.2) is 0 Å². The minimum atomic E-state index is -0.0287. The lowest BCUT2D eigenvalue weighted by molar-refractivity contribution is 0.103. The van der Waals surface area contributed by atoms with Crippen molar-refractivity contribution in [2.75, 3.05) is 5.32 Å². The van der Waals surface area contributed by atoms with Gasteiger partial charge in [0.15, 0.2) is 0 Å². The van der Waals surface area contributed by atoms with Crippen molar-refractivity contribution >= 4 is 35.3 Å². The normalized spacial score (nSPS) is 16.2. The maximum atomic E-state index is 12.3. The molecule has 3 nitrogen and oxygen atoms in total. The minimum Gasteiger partial charge on any atom is -0.321 e. The van der Waals surface area contributed by atoms with Gasteiger partial charge >= 0.3 is 0 Å². The Labute approximate surface area is 173 Å². The summed E-state index contributed by atoms with van der Waals surface area (Å²) in [6.45, 7) is 3.08. The zero-order valence-electron chi connectivity index (χ0n) is 16.1. The molecule has 1 aliphatic rings. The van der Waals surface area contributed by atoms with Gasteiger partial charge in [0, 0.05) is 18.3 Å². The van der Waals surface area contributed by atoms with Gasteiger partial charge < -0.3 is 10.6 Å². The van der Waals surface area contributed by atoms with Crippen molar-refractivity contribution in [1.82, 2.24) is 5.32 Å².